The van der Waals surface area contributed by atoms with Crippen molar-refractivity contribution in [2.45, 2.75) is 0 Å². The Balaban J connectivity index is 2.84. The molecule has 0 unspecified atom stereocenters. The van der Waals surface area contributed by atoms with Gasteiger partial charge in [0.05, 0.1) is 0 Å². The number of carbonyl (C=O) groups excluding carboxylic acids is 1. The molecule has 1 heterocycles. The number of benzene rings is 1. The standard InChI is InChI=1S/C9H4Cl2OSe/c10-5-1-2-7-6(3-5)9(11)8(4-12)13-7/h1-4H. The molecule has 2 aromatic rings. The topological polar surface area (TPSA) is 17.1 Å². The second kappa shape index (κ2) is 3.47. The van der Waals surface area contributed by atoms with Crippen LogP contribution >= 0.6 is 23.2 Å². The molecule has 0 saturated carbocycles. The minimum atomic E-state index is 0.0543. The Morgan fingerprint density at radius 2 is 2.08 bits per heavy atom. The van der Waals surface area contributed by atoms with Crippen LogP contribution in [-0.2, 0) is 0 Å². The van der Waals surface area contributed by atoms with E-state index in [9.17, 15) is 4.79 Å². The number of aldehydes is 1. The normalized spacial score (nSPS) is 10.6. The van der Waals surface area contributed by atoms with Crippen molar-refractivity contribution in [3.8, 4) is 0 Å². The number of hydrogen-bond donors (Lipinski definition) is 0. The molecule has 0 bridgehead atoms. The predicted octanol–water partition coefficient (Wildman–Crippen LogP) is 3.02. The summed E-state index contributed by atoms with van der Waals surface area (Å²) in [6, 6.07) is 5.55. The van der Waals surface area contributed by atoms with Crippen molar-refractivity contribution in [1.82, 2.24) is 0 Å². The van der Waals surface area contributed by atoms with Crippen molar-refractivity contribution < 1.29 is 4.79 Å². The van der Waals surface area contributed by atoms with Gasteiger partial charge in [0.2, 0.25) is 0 Å². The third kappa shape index (κ3) is 1.55. The Kier molecular flexibility index (Phi) is 2.48. The van der Waals surface area contributed by atoms with Gasteiger partial charge in [0.25, 0.3) is 0 Å². The molecule has 13 heavy (non-hydrogen) atoms. The summed E-state index contributed by atoms with van der Waals surface area (Å²) in [7, 11) is 0. The molecule has 0 atom stereocenters. The average Bonchev–Trinajstić information content (AvgIpc) is 2.44. The molecule has 1 aromatic carbocycles. The van der Waals surface area contributed by atoms with Gasteiger partial charge in [0, 0.05) is 0 Å². The Morgan fingerprint density at radius 3 is 2.77 bits per heavy atom. The van der Waals surface area contributed by atoms with Crippen LogP contribution in [0.5, 0.6) is 0 Å². The van der Waals surface area contributed by atoms with Crippen molar-refractivity contribution in [2.24, 2.45) is 0 Å². The third-order valence-corrected chi connectivity index (χ3v) is 4.92. The second-order valence-electron chi connectivity index (χ2n) is 2.54. The van der Waals surface area contributed by atoms with E-state index in [-0.39, 0.29) is 14.5 Å². The van der Waals surface area contributed by atoms with Crippen LogP contribution < -0.4 is 0 Å². The van der Waals surface area contributed by atoms with Crippen molar-refractivity contribution in [3.05, 3.63) is 32.7 Å². The van der Waals surface area contributed by atoms with Gasteiger partial charge < -0.3 is 0 Å². The molecule has 1 aromatic heterocycles. The van der Waals surface area contributed by atoms with E-state index < -0.39 is 0 Å². The summed E-state index contributed by atoms with van der Waals surface area (Å²) >= 11 is 11.9. The summed E-state index contributed by atoms with van der Waals surface area (Å²) in [4.78, 5) is 10.6. The van der Waals surface area contributed by atoms with Crippen molar-refractivity contribution in [1.29, 1.82) is 0 Å². The Hall–Kier alpha value is -0.271. The fourth-order valence-electron chi connectivity index (χ4n) is 1.13. The van der Waals surface area contributed by atoms with Gasteiger partial charge in [0.1, 0.15) is 0 Å². The van der Waals surface area contributed by atoms with Crippen LogP contribution in [0.25, 0.3) is 9.65 Å². The van der Waals surface area contributed by atoms with E-state index in [4.69, 9.17) is 23.2 Å². The van der Waals surface area contributed by atoms with Crippen LogP contribution in [0.2, 0.25) is 10.0 Å². The molecule has 0 spiro atoms. The summed E-state index contributed by atoms with van der Waals surface area (Å²) < 4.78 is 1.83. The summed E-state index contributed by atoms with van der Waals surface area (Å²) in [5.74, 6) is 0. The Morgan fingerprint density at radius 1 is 1.31 bits per heavy atom. The maximum atomic E-state index is 10.6. The van der Waals surface area contributed by atoms with Gasteiger partial charge in [0.15, 0.2) is 0 Å². The number of rotatable bonds is 1. The van der Waals surface area contributed by atoms with E-state index >= 15 is 0 Å². The van der Waals surface area contributed by atoms with Crippen LogP contribution in [0.3, 0.4) is 0 Å². The number of carbonyl (C=O) groups is 1. The second-order valence-corrected chi connectivity index (χ2v) is 5.63. The number of halogens is 2. The van der Waals surface area contributed by atoms with E-state index in [0.29, 0.717) is 14.5 Å². The van der Waals surface area contributed by atoms with Crippen LogP contribution in [-0.4, -0.2) is 20.8 Å². The van der Waals surface area contributed by atoms with Gasteiger partial charge in [-0.25, -0.2) is 0 Å². The molecule has 0 saturated heterocycles. The molecule has 1 nitrogen and oxygen atoms in total. The summed E-state index contributed by atoms with van der Waals surface area (Å²) in [6.45, 7) is 0. The fraction of sp³-hybridized carbons (Fsp3) is 0. The van der Waals surface area contributed by atoms with E-state index in [0.717, 1.165) is 15.9 Å². The van der Waals surface area contributed by atoms with E-state index in [2.05, 4.69) is 0 Å². The van der Waals surface area contributed by atoms with Crippen molar-refractivity contribution in [3.63, 3.8) is 0 Å². The number of hydrogen-bond acceptors (Lipinski definition) is 1. The van der Waals surface area contributed by atoms with Gasteiger partial charge in [-0.2, -0.15) is 0 Å². The van der Waals surface area contributed by atoms with E-state index in [1.54, 1.807) is 6.07 Å². The van der Waals surface area contributed by atoms with Crippen LogP contribution in [0.15, 0.2) is 18.2 Å². The number of fused-ring (bicyclic) bond motifs is 1. The van der Waals surface area contributed by atoms with Gasteiger partial charge >= 0.3 is 91.1 Å². The van der Waals surface area contributed by atoms with Gasteiger partial charge in [-0.1, -0.05) is 0 Å². The molecule has 66 valence electrons. The SMILES string of the molecule is O=Cc1[se]c2ccc(Cl)cc2c1Cl. The quantitative estimate of drug-likeness (QED) is 0.579. The molecule has 0 aliphatic heterocycles. The Labute approximate surface area is 91.0 Å². The van der Waals surface area contributed by atoms with Crippen LogP contribution in [0.1, 0.15) is 9.23 Å². The monoisotopic (exact) mass is 278 g/mol. The molecular formula is C9H4Cl2OSe. The molecule has 0 radical (unpaired) electrons. The van der Waals surface area contributed by atoms with E-state index in [1.807, 2.05) is 12.1 Å². The van der Waals surface area contributed by atoms with Crippen LogP contribution in [0.4, 0.5) is 0 Å². The maximum absolute atomic E-state index is 10.6. The average molecular weight is 278 g/mol. The van der Waals surface area contributed by atoms with Crippen molar-refractivity contribution >= 4 is 53.6 Å². The fourth-order valence-corrected chi connectivity index (χ4v) is 3.71. The zero-order chi connectivity index (χ0) is 9.42. The first-order valence-corrected chi connectivity index (χ1v) is 6.02. The molecule has 0 aliphatic rings. The molecule has 0 N–H and O–H groups in total. The zero-order valence-electron chi connectivity index (χ0n) is 6.38. The summed E-state index contributed by atoms with van der Waals surface area (Å²) in [6.07, 6.45) is 0.830. The molecule has 0 amide bonds. The molecule has 0 aliphatic carbocycles. The van der Waals surface area contributed by atoms with Crippen molar-refractivity contribution in [2.75, 3.05) is 0 Å². The first-order chi connectivity index (χ1) is 6.22. The molecular weight excluding hydrogens is 274 g/mol. The minimum absolute atomic E-state index is 0.0543. The zero-order valence-corrected chi connectivity index (χ0v) is 9.61. The predicted molar refractivity (Wildman–Crippen MR) is 56.3 cm³/mol. The van der Waals surface area contributed by atoms with E-state index in [1.165, 1.54) is 0 Å². The first-order valence-electron chi connectivity index (χ1n) is 3.55. The third-order valence-electron chi connectivity index (χ3n) is 1.72. The first kappa shape index (κ1) is 9.29. The van der Waals surface area contributed by atoms with Crippen LogP contribution in [0, 0.1) is 0 Å². The molecule has 0 fully saturated rings. The van der Waals surface area contributed by atoms with Gasteiger partial charge in [-0.3, -0.25) is 0 Å². The Bertz CT molecular complexity index is 476. The molecule has 4 heteroatoms. The molecule has 2 rings (SSSR count). The van der Waals surface area contributed by atoms with Gasteiger partial charge in [-0.05, 0) is 0 Å². The summed E-state index contributed by atoms with van der Waals surface area (Å²) in [5, 5.41) is 2.13. The van der Waals surface area contributed by atoms with Gasteiger partial charge in [-0.15, -0.1) is 0 Å². The summed E-state index contributed by atoms with van der Waals surface area (Å²) in [5.41, 5.74) is 0.